The summed E-state index contributed by atoms with van der Waals surface area (Å²) in [6, 6.07) is 7.12. The second-order valence-electron chi connectivity index (χ2n) is 5.20. The van der Waals surface area contributed by atoms with Crippen LogP contribution in [0.1, 0.15) is 30.3 Å². The number of halogens is 1. The van der Waals surface area contributed by atoms with Crippen molar-refractivity contribution in [2.45, 2.75) is 32.2 Å². The highest BCUT2D eigenvalue weighted by atomic mass is 35.5. The van der Waals surface area contributed by atoms with Gasteiger partial charge in [-0.2, -0.15) is 11.8 Å². The van der Waals surface area contributed by atoms with Crippen LogP contribution in [0.4, 0.5) is 0 Å². The molecule has 1 unspecified atom stereocenters. The smallest absolute Gasteiger partial charge is 0.111 e. The van der Waals surface area contributed by atoms with E-state index in [1.54, 1.807) is 0 Å². The molecule has 1 aromatic carbocycles. The van der Waals surface area contributed by atoms with Crippen molar-refractivity contribution in [2.24, 2.45) is 0 Å². The summed E-state index contributed by atoms with van der Waals surface area (Å²) in [7, 11) is 0. The lowest BCUT2D eigenvalue weighted by atomic mass is 10.1. The first-order valence-electron chi connectivity index (χ1n) is 6.91. The second kappa shape index (κ2) is 5.76. The molecule has 2 nitrogen and oxygen atoms in total. The topological polar surface area (TPSA) is 17.8 Å². The predicted octanol–water partition coefficient (Wildman–Crippen LogP) is 4.19. The van der Waals surface area contributed by atoms with Gasteiger partial charge >= 0.3 is 0 Å². The van der Waals surface area contributed by atoms with Gasteiger partial charge in [-0.1, -0.05) is 6.07 Å². The van der Waals surface area contributed by atoms with E-state index in [0.29, 0.717) is 11.9 Å². The quantitative estimate of drug-likeness (QED) is 0.790. The Balaban J connectivity index is 2.11. The standard InChI is InChI=1S/C15H19ClN2S/c1-11-4-5-13-14(9-11)18(15(17-13)6-7-16)12-3-2-8-19-10-12/h4-5,9,12H,2-3,6-8,10H2,1H3. The minimum absolute atomic E-state index is 0.587. The summed E-state index contributed by atoms with van der Waals surface area (Å²) >= 11 is 8.01. The summed E-state index contributed by atoms with van der Waals surface area (Å²) in [4.78, 5) is 4.79. The molecule has 19 heavy (non-hydrogen) atoms. The lowest BCUT2D eigenvalue weighted by Crippen LogP contribution is -2.18. The van der Waals surface area contributed by atoms with E-state index in [9.17, 15) is 0 Å². The molecular formula is C15H19ClN2S. The van der Waals surface area contributed by atoms with Gasteiger partial charge in [-0.3, -0.25) is 0 Å². The molecule has 0 bridgehead atoms. The molecule has 0 amide bonds. The Labute approximate surface area is 123 Å². The highest BCUT2D eigenvalue weighted by molar-refractivity contribution is 7.99. The third-order valence-corrected chi connectivity index (χ3v) is 5.12. The average Bonchev–Trinajstić information content (AvgIpc) is 2.77. The van der Waals surface area contributed by atoms with Gasteiger partial charge in [0.05, 0.1) is 11.0 Å². The monoisotopic (exact) mass is 294 g/mol. The van der Waals surface area contributed by atoms with Gasteiger partial charge in [0.25, 0.3) is 0 Å². The highest BCUT2D eigenvalue weighted by Crippen LogP contribution is 2.31. The molecule has 102 valence electrons. The summed E-state index contributed by atoms with van der Waals surface area (Å²) in [6.45, 7) is 2.15. The molecule has 0 spiro atoms. The van der Waals surface area contributed by atoms with Gasteiger partial charge in [-0.25, -0.2) is 4.98 Å². The molecule has 1 aliphatic heterocycles. The fourth-order valence-corrected chi connectivity index (χ4v) is 4.14. The molecule has 1 atom stereocenters. The van der Waals surface area contributed by atoms with Crippen molar-refractivity contribution in [3.05, 3.63) is 29.6 Å². The van der Waals surface area contributed by atoms with Crippen LogP contribution in [0.3, 0.4) is 0 Å². The molecule has 0 saturated carbocycles. The zero-order valence-corrected chi connectivity index (χ0v) is 12.8. The van der Waals surface area contributed by atoms with Crippen molar-refractivity contribution in [3.8, 4) is 0 Å². The van der Waals surface area contributed by atoms with Gasteiger partial charge in [-0.15, -0.1) is 11.6 Å². The molecule has 0 radical (unpaired) electrons. The molecule has 1 fully saturated rings. The van der Waals surface area contributed by atoms with Crippen LogP contribution in [-0.4, -0.2) is 26.9 Å². The van der Waals surface area contributed by atoms with Crippen molar-refractivity contribution in [1.82, 2.24) is 9.55 Å². The van der Waals surface area contributed by atoms with Crippen LogP contribution >= 0.6 is 23.4 Å². The molecule has 0 aliphatic carbocycles. The largest absolute Gasteiger partial charge is 0.324 e. The van der Waals surface area contributed by atoms with Gasteiger partial charge in [0.1, 0.15) is 5.82 Å². The Hall–Kier alpha value is -0.670. The number of aromatic nitrogens is 2. The molecule has 1 saturated heterocycles. The number of hydrogen-bond donors (Lipinski definition) is 0. The van der Waals surface area contributed by atoms with Crippen molar-refractivity contribution in [1.29, 1.82) is 0 Å². The fraction of sp³-hybridized carbons (Fsp3) is 0.533. The zero-order chi connectivity index (χ0) is 13.2. The number of nitrogens with zero attached hydrogens (tertiary/aromatic N) is 2. The van der Waals surface area contributed by atoms with E-state index >= 15 is 0 Å². The number of rotatable bonds is 3. The first-order chi connectivity index (χ1) is 9.29. The van der Waals surface area contributed by atoms with Crippen LogP contribution in [0, 0.1) is 6.92 Å². The summed E-state index contributed by atoms with van der Waals surface area (Å²) in [5.41, 5.74) is 3.70. The van der Waals surface area contributed by atoms with Crippen molar-refractivity contribution < 1.29 is 0 Å². The number of imidazole rings is 1. The molecule has 2 heterocycles. The zero-order valence-electron chi connectivity index (χ0n) is 11.2. The number of fused-ring (bicyclic) bond motifs is 1. The van der Waals surface area contributed by atoms with Crippen LogP contribution < -0.4 is 0 Å². The maximum atomic E-state index is 5.95. The number of hydrogen-bond acceptors (Lipinski definition) is 2. The van der Waals surface area contributed by atoms with Crippen LogP contribution in [0.25, 0.3) is 11.0 Å². The average molecular weight is 295 g/mol. The van der Waals surface area contributed by atoms with Crippen LogP contribution in [-0.2, 0) is 6.42 Å². The van der Waals surface area contributed by atoms with E-state index < -0.39 is 0 Å². The molecule has 4 heteroatoms. The predicted molar refractivity (Wildman–Crippen MR) is 84.5 cm³/mol. The summed E-state index contributed by atoms with van der Waals surface area (Å²) in [5.74, 6) is 4.30. The third-order valence-electron chi connectivity index (χ3n) is 3.74. The maximum absolute atomic E-state index is 5.95. The maximum Gasteiger partial charge on any atom is 0.111 e. The van der Waals surface area contributed by atoms with Crippen molar-refractivity contribution >= 4 is 34.4 Å². The lowest BCUT2D eigenvalue weighted by Gasteiger charge is -2.25. The molecule has 1 aliphatic rings. The van der Waals surface area contributed by atoms with E-state index in [0.717, 1.165) is 17.8 Å². The van der Waals surface area contributed by atoms with Crippen molar-refractivity contribution in [3.63, 3.8) is 0 Å². The Morgan fingerprint density at radius 1 is 1.47 bits per heavy atom. The van der Waals surface area contributed by atoms with Crippen LogP contribution in [0.2, 0.25) is 0 Å². The summed E-state index contributed by atoms with van der Waals surface area (Å²) in [5, 5.41) is 0. The van der Waals surface area contributed by atoms with Gasteiger partial charge < -0.3 is 4.57 Å². The third kappa shape index (κ3) is 2.63. The fourth-order valence-electron chi connectivity index (χ4n) is 2.85. The van der Waals surface area contributed by atoms with Gasteiger partial charge in [0.2, 0.25) is 0 Å². The first-order valence-corrected chi connectivity index (χ1v) is 8.59. The normalized spacial score (nSPS) is 20.0. The molecule has 2 aromatic rings. The Kier molecular flexibility index (Phi) is 4.04. The van der Waals surface area contributed by atoms with Crippen LogP contribution in [0.5, 0.6) is 0 Å². The van der Waals surface area contributed by atoms with E-state index in [1.165, 1.54) is 35.4 Å². The Morgan fingerprint density at radius 3 is 3.11 bits per heavy atom. The van der Waals surface area contributed by atoms with Crippen molar-refractivity contribution in [2.75, 3.05) is 17.4 Å². The lowest BCUT2D eigenvalue weighted by molar-refractivity contribution is 0.495. The molecular weight excluding hydrogens is 276 g/mol. The minimum Gasteiger partial charge on any atom is -0.324 e. The molecule has 3 rings (SSSR count). The highest BCUT2D eigenvalue weighted by Gasteiger charge is 2.21. The van der Waals surface area contributed by atoms with E-state index in [-0.39, 0.29) is 0 Å². The number of alkyl halides is 1. The van der Waals surface area contributed by atoms with E-state index in [4.69, 9.17) is 16.6 Å². The number of aryl methyl sites for hydroxylation is 2. The van der Waals surface area contributed by atoms with Gasteiger partial charge in [-0.05, 0) is 43.2 Å². The molecule has 0 N–H and O–H groups in total. The number of benzene rings is 1. The Morgan fingerprint density at radius 2 is 2.37 bits per heavy atom. The first kappa shape index (κ1) is 13.3. The number of thioether (sulfide) groups is 1. The van der Waals surface area contributed by atoms with E-state index in [2.05, 4.69) is 41.5 Å². The van der Waals surface area contributed by atoms with Gasteiger partial charge in [0.15, 0.2) is 0 Å². The second-order valence-corrected chi connectivity index (χ2v) is 6.73. The summed E-state index contributed by atoms with van der Waals surface area (Å²) < 4.78 is 2.46. The van der Waals surface area contributed by atoms with Gasteiger partial charge in [0, 0.05) is 24.1 Å². The minimum atomic E-state index is 0.587. The SMILES string of the molecule is Cc1ccc2nc(CCCl)n(C3CCCSC3)c2c1. The summed E-state index contributed by atoms with van der Waals surface area (Å²) in [6.07, 6.45) is 3.43. The van der Waals surface area contributed by atoms with Crippen LogP contribution in [0.15, 0.2) is 18.2 Å². The Bertz CT molecular complexity index is 573. The molecule has 1 aromatic heterocycles. The van der Waals surface area contributed by atoms with E-state index in [1.807, 2.05) is 0 Å².